The van der Waals surface area contributed by atoms with Gasteiger partial charge in [0, 0.05) is 6.42 Å². The third-order valence-corrected chi connectivity index (χ3v) is 2.87. The topological polar surface area (TPSA) is 44.8 Å². The van der Waals surface area contributed by atoms with Crippen molar-refractivity contribution in [3.05, 3.63) is 36.4 Å². The summed E-state index contributed by atoms with van der Waals surface area (Å²) in [6.07, 6.45) is 4.16. The smallest absolute Gasteiger partial charge is 0.346 e. The van der Waals surface area contributed by atoms with Gasteiger partial charge in [0.05, 0.1) is 6.61 Å². The largest absolute Gasteiger partial charge is 0.482 e. The Kier molecular flexibility index (Phi) is 4.98. The fraction of sp³-hybridized carbons (Fsp3) is 0.400. The van der Waals surface area contributed by atoms with Crippen LogP contribution in [0, 0.1) is 0 Å². The van der Waals surface area contributed by atoms with Crippen LogP contribution in [0.1, 0.15) is 24.8 Å². The zero-order chi connectivity index (χ0) is 13.5. The van der Waals surface area contributed by atoms with E-state index in [9.17, 15) is 4.79 Å². The number of rotatable bonds is 5. The number of benzene rings is 1. The van der Waals surface area contributed by atoms with Gasteiger partial charge >= 0.3 is 5.97 Å². The molecule has 2 rings (SSSR count). The highest BCUT2D eigenvalue weighted by Gasteiger charge is 2.18. The maximum absolute atomic E-state index is 11.6. The van der Waals surface area contributed by atoms with Crippen molar-refractivity contribution in [3.63, 3.8) is 0 Å². The maximum atomic E-state index is 11.6. The molecule has 4 heteroatoms. The van der Waals surface area contributed by atoms with Gasteiger partial charge in [0.1, 0.15) is 5.75 Å². The first-order valence-corrected chi connectivity index (χ1v) is 6.44. The summed E-state index contributed by atoms with van der Waals surface area (Å²) in [5.41, 5.74) is 1.01. The van der Waals surface area contributed by atoms with Crippen molar-refractivity contribution in [2.24, 2.45) is 0 Å². The molecule has 0 radical (unpaired) electrons. The summed E-state index contributed by atoms with van der Waals surface area (Å²) in [6.45, 7) is 4.22. The third-order valence-electron chi connectivity index (χ3n) is 2.87. The SMILES string of the molecule is C=Cc1ccc(OCC(=O)OC2CCCCO2)cc1. The van der Waals surface area contributed by atoms with E-state index in [1.807, 2.05) is 12.1 Å². The quantitative estimate of drug-likeness (QED) is 0.765. The second-order valence-electron chi connectivity index (χ2n) is 4.35. The molecule has 1 saturated heterocycles. The lowest BCUT2D eigenvalue weighted by atomic mass is 10.2. The van der Waals surface area contributed by atoms with Gasteiger partial charge in [-0.15, -0.1) is 0 Å². The highest BCUT2D eigenvalue weighted by atomic mass is 16.7. The predicted octanol–water partition coefficient (Wildman–Crippen LogP) is 2.78. The Hall–Kier alpha value is -1.81. The van der Waals surface area contributed by atoms with Crippen LogP contribution in [0.4, 0.5) is 0 Å². The monoisotopic (exact) mass is 262 g/mol. The van der Waals surface area contributed by atoms with Crippen LogP contribution in [0.5, 0.6) is 5.75 Å². The fourth-order valence-corrected chi connectivity index (χ4v) is 1.83. The highest BCUT2D eigenvalue weighted by Crippen LogP contribution is 2.15. The molecule has 0 saturated carbocycles. The Balaban J connectivity index is 1.74. The lowest BCUT2D eigenvalue weighted by molar-refractivity contribution is -0.188. The van der Waals surface area contributed by atoms with Crippen molar-refractivity contribution in [3.8, 4) is 5.75 Å². The van der Waals surface area contributed by atoms with Crippen LogP contribution in [0.25, 0.3) is 6.08 Å². The van der Waals surface area contributed by atoms with Gasteiger partial charge < -0.3 is 14.2 Å². The van der Waals surface area contributed by atoms with Gasteiger partial charge in [-0.3, -0.25) is 0 Å². The number of hydrogen-bond donors (Lipinski definition) is 0. The average Bonchev–Trinajstić information content (AvgIpc) is 2.47. The lowest BCUT2D eigenvalue weighted by Crippen LogP contribution is -2.27. The molecular weight excluding hydrogens is 244 g/mol. The van der Waals surface area contributed by atoms with Crippen LogP contribution in [0.3, 0.4) is 0 Å². The van der Waals surface area contributed by atoms with Crippen molar-refractivity contribution in [2.75, 3.05) is 13.2 Å². The van der Waals surface area contributed by atoms with E-state index < -0.39 is 12.3 Å². The Labute approximate surface area is 113 Å². The Morgan fingerprint density at radius 3 is 2.79 bits per heavy atom. The van der Waals surface area contributed by atoms with Crippen molar-refractivity contribution < 1.29 is 19.0 Å². The van der Waals surface area contributed by atoms with Gasteiger partial charge in [0.25, 0.3) is 0 Å². The van der Waals surface area contributed by atoms with Crippen molar-refractivity contribution in [2.45, 2.75) is 25.6 Å². The van der Waals surface area contributed by atoms with Gasteiger partial charge in [0.15, 0.2) is 6.61 Å². The number of carbonyl (C=O) groups excluding carboxylic acids is 1. The zero-order valence-corrected chi connectivity index (χ0v) is 10.8. The molecule has 1 aliphatic rings. The van der Waals surface area contributed by atoms with E-state index in [2.05, 4.69) is 6.58 Å². The van der Waals surface area contributed by atoms with E-state index in [0.717, 1.165) is 24.8 Å². The van der Waals surface area contributed by atoms with Crippen LogP contribution in [0.2, 0.25) is 0 Å². The molecule has 0 N–H and O–H groups in total. The Bertz CT molecular complexity index is 418. The summed E-state index contributed by atoms with van der Waals surface area (Å²) >= 11 is 0. The van der Waals surface area contributed by atoms with E-state index in [0.29, 0.717) is 12.4 Å². The minimum atomic E-state index is -0.409. The standard InChI is InChI=1S/C15H18O4/c1-2-12-6-8-13(9-7-12)18-11-14(16)19-15-5-3-4-10-17-15/h2,6-9,15H,1,3-5,10-11H2. The summed E-state index contributed by atoms with van der Waals surface area (Å²) in [5, 5.41) is 0. The van der Waals surface area contributed by atoms with E-state index >= 15 is 0 Å². The summed E-state index contributed by atoms with van der Waals surface area (Å²) in [5.74, 6) is 0.229. The van der Waals surface area contributed by atoms with Crippen molar-refractivity contribution in [1.82, 2.24) is 0 Å². The van der Waals surface area contributed by atoms with Crippen LogP contribution < -0.4 is 4.74 Å². The summed E-state index contributed by atoms with van der Waals surface area (Å²) in [4.78, 5) is 11.6. The van der Waals surface area contributed by atoms with E-state index in [4.69, 9.17) is 14.2 Å². The van der Waals surface area contributed by atoms with Gasteiger partial charge in [-0.2, -0.15) is 0 Å². The number of ether oxygens (including phenoxy) is 3. The summed E-state index contributed by atoms with van der Waals surface area (Å²) < 4.78 is 15.8. The molecule has 1 aromatic carbocycles. The molecule has 19 heavy (non-hydrogen) atoms. The molecule has 102 valence electrons. The minimum Gasteiger partial charge on any atom is -0.482 e. The lowest BCUT2D eigenvalue weighted by Gasteiger charge is -2.22. The molecule has 0 bridgehead atoms. The fourth-order valence-electron chi connectivity index (χ4n) is 1.83. The number of esters is 1. The summed E-state index contributed by atoms with van der Waals surface area (Å²) in [6, 6.07) is 7.33. The molecule has 0 spiro atoms. The highest BCUT2D eigenvalue weighted by molar-refractivity contribution is 5.71. The second kappa shape index (κ2) is 6.95. The van der Waals surface area contributed by atoms with Crippen LogP contribution >= 0.6 is 0 Å². The van der Waals surface area contributed by atoms with E-state index in [1.165, 1.54) is 0 Å². The minimum absolute atomic E-state index is 0.104. The summed E-state index contributed by atoms with van der Waals surface area (Å²) in [7, 11) is 0. The van der Waals surface area contributed by atoms with Crippen LogP contribution in [-0.2, 0) is 14.3 Å². The molecule has 1 atom stereocenters. The second-order valence-corrected chi connectivity index (χ2v) is 4.35. The molecule has 4 nitrogen and oxygen atoms in total. The van der Waals surface area contributed by atoms with Gasteiger partial charge in [0.2, 0.25) is 6.29 Å². The molecular formula is C15H18O4. The molecule has 1 fully saturated rings. The van der Waals surface area contributed by atoms with Gasteiger partial charge in [-0.05, 0) is 30.5 Å². The number of hydrogen-bond acceptors (Lipinski definition) is 4. The third kappa shape index (κ3) is 4.41. The molecule has 1 heterocycles. The molecule has 1 aliphatic heterocycles. The van der Waals surface area contributed by atoms with Crippen molar-refractivity contribution in [1.29, 1.82) is 0 Å². The molecule has 1 unspecified atom stereocenters. The molecule has 0 aromatic heterocycles. The Morgan fingerprint density at radius 2 is 2.16 bits per heavy atom. The maximum Gasteiger partial charge on any atom is 0.346 e. The molecule has 0 amide bonds. The molecule has 1 aromatic rings. The van der Waals surface area contributed by atoms with E-state index in [1.54, 1.807) is 18.2 Å². The normalized spacial score (nSPS) is 18.6. The van der Waals surface area contributed by atoms with Crippen molar-refractivity contribution >= 4 is 12.0 Å². The Morgan fingerprint density at radius 1 is 1.37 bits per heavy atom. The zero-order valence-electron chi connectivity index (χ0n) is 10.8. The first kappa shape index (κ1) is 13.6. The first-order chi connectivity index (χ1) is 9.28. The van der Waals surface area contributed by atoms with Gasteiger partial charge in [-0.1, -0.05) is 24.8 Å². The van der Waals surface area contributed by atoms with E-state index in [-0.39, 0.29) is 6.61 Å². The predicted molar refractivity (Wildman–Crippen MR) is 71.7 cm³/mol. The first-order valence-electron chi connectivity index (χ1n) is 6.44. The average molecular weight is 262 g/mol. The van der Waals surface area contributed by atoms with Gasteiger partial charge in [-0.25, -0.2) is 4.79 Å². The number of carbonyl (C=O) groups is 1. The van der Waals surface area contributed by atoms with Crippen LogP contribution in [0.15, 0.2) is 30.8 Å². The van der Waals surface area contributed by atoms with Crippen LogP contribution in [-0.4, -0.2) is 25.5 Å². The molecule has 0 aliphatic carbocycles.